The van der Waals surface area contributed by atoms with Crippen molar-refractivity contribution in [2.45, 2.75) is 22.6 Å². The highest BCUT2D eigenvalue weighted by atomic mass is 32.2. The summed E-state index contributed by atoms with van der Waals surface area (Å²) in [4.78, 5) is 16.6. The van der Waals surface area contributed by atoms with E-state index in [0.717, 1.165) is 12.8 Å². The van der Waals surface area contributed by atoms with E-state index >= 15 is 0 Å². The second kappa shape index (κ2) is 11.2. The van der Waals surface area contributed by atoms with E-state index in [0.29, 0.717) is 23.0 Å². The highest BCUT2D eigenvalue weighted by Gasteiger charge is 2.03. The Labute approximate surface area is 146 Å². The first-order chi connectivity index (χ1) is 11.8. The van der Waals surface area contributed by atoms with Crippen LogP contribution in [0.5, 0.6) is 0 Å². The Kier molecular flexibility index (Phi) is 8.82. The third-order valence-electron chi connectivity index (χ3n) is 2.93. The van der Waals surface area contributed by atoms with Crippen molar-refractivity contribution >= 4 is 22.0 Å². The lowest BCUT2D eigenvalue weighted by Crippen LogP contribution is -2.20. The average Bonchev–Trinajstić information content (AvgIpc) is 2.65. The molecule has 0 aliphatic rings. The summed E-state index contributed by atoms with van der Waals surface area (Å²) >= 11 is 0. The Morgan fingerprint density at radius 3 is 1.42 bits per heavy atom. The molecule has 2 rings (SSSR count). The van der Waals surface area contributed by atoms with E-state index in [4.69, 9.17) is 9.68 Å². The lowest BCUT2D eigenvalue weighted by atomic mass is 10.3. The minimum absolute atomic E-state index is 0.406. The fraction of sp³-hybridized carbons (Fsp3) is 0.250. The molecular weight excluding hydrogens is 348 g/mol. The van der Waals surface area contributed by atoms with E-state index < -0.39 is 22.0 Å². The van der Waals surface area contributed by atoms with Crippen LogP contribution in [0.1, 0.15) is 12.8 Å². The first-order valence-corrected chi connectivity index (χ1v) is 9.76. The fourth-order valence-electron chi connectivity index (χ4n) is 1.72. The van der Waals surface area contributed by atoms with Gasteiger partial charge in [-0.3, -0.25) is 9.68 Å². The van der Waals surface area contributed by atoms with Gasteiger partial charge in [0.2, 0.25) is 0 Å². The Hall–Kier alpha value is -1.42. The molecule has 2 aromatic rings. The first-order valence-electron chi connectivity index (χ1n) is 7.46. The summed E-state index contributed by atoms with van der Waals surface area (Å²) in [5.41, 5.74) is 0. The zero-order chi connectivity index (χ0) is 17.0. The summed E-state index contributed by atoms with van der Waals surface area (Å²) in [5.74, 6) is 0. The van der Waals surface area contributed by atoms with Crippen LogP contribution in [0, 0.1) is 0 Å². The molecule has 0 aliphatic carbocycles. The molecular formula is C16H20N2O4S2. The molecule has 8 heteroatoms. The van der Waals surface area contributed by atoms with Gasteiger partial charge in [0.1, 0.15) is 22.0 Å². The number of unbranched alkanes of at least 4 members (excludes halogenated alkanes) is 1. The van der Waals surface area contributed by atoms with E-state index in [1.165, 1.54) is 0 Å². The van der Waals surface area contributed by atoms with Crippen LogP contribution in [0.3, 0.4) is 0 Å². The van der Waals surface area contributed by atoms with E-state index in [1.807, 2.05) is 36.4 Å². The highest BCUT2D eigenvalue weighted by Crippen LogP contribution is 2.04. The molecule has 0 saturated heterocycles. The second-order valence-electron chi connectivity index (χ2n) is 4.73. The molecule has 0 bridgehead atoms. The van der Waals surface area contributed by atoms with Gasteiger partial charge in [-0.2, -0.15) is 0 Å². The van der Waals surface area contributed by atoms with Crippen molar-refractivity contribution in [1.29, 1.82) is 0 Å². The van der Waals surface area contributed by atoms with Crippen molar-refractivity contribution in [1.82, 2.24) is 9.77 Å². The largest absolute Gasteiger partial charge is 0.289 e. The van der Waals surface area contributed by atoms with Crippen molar-refractivity contribution < 1.29 is 18.1 Å². The molecule has 6 nitrogen and oxygen atoms in total. The van der Waals surface area contributed by atoms with Gasteiger partial charge < -0.3 is 0 Å². The number of hydrogen-bond donors (Lipinski definition) is 2. The van der Waals surface area contributed by atoms with Gasteiger partial charge in [-0.1, -0.05) is 36.4 Å². The van der Waals surface area contributed by atoms with E-state index in [2.05, 4.69) is 9.77 Å². The van der Waals surface area contributed by atoms with Gasteiger partial charge >= 0.3 is 0 Å². The molecule has 2 aromatic carbocycles. The summed E-state index contributed by atoms with van der Waals surface area (Å²) in [6.07, 6.45) is 1.44. The number of rotatable bonds is 11. The van der Waals surface area contributed by atoms with Gasteiger partial charge in [0.25, 0.3) is 0 Å². The van der Waals surface area contributed by atoms with Gasteiger partial charge in [0, 0.05) is 0 Å². The Morgan fingerprint density at radius 2 is 1.04 bits per heavy atom. The first kappa shape index (κ1) is 18.9. The van der Waals surface area contributed by atoms with Crippen LogP contribution in [-0.4, -0.2) is 21.6 Å². The zero-order valence-electron chi connectivity index (χ0n) is 13.1. The standard InChI is InChI=1S/C16H20N2O4S2/c19-23(15-9-3-1-4-10-15)17-21-13-7-8-14-22-18-24(20)16-11-5-2-6-12-16/h1-6,9-12,17-18H,7-8,13-14H2. The molecule has 0 aromatic heterocycles. The van der Waals surface area contributed by atoms with Crippen LogP contribution < -0.4 is 9.77 Å². The molecule has 0 aliphatic heterocycles. The topological polar surface area (TPSA) is 76.7 Å². The predicted octanol–water partition coefficient (Wildman–Crippen LogP) is 2.25. The molecule has 130 valence electrons. The summed E-state index contributed by atoms with van der Waals surface area (Å²) in [7, 11) is -2.75. The Bertz CT molecular complexity index is 584. The van der Waals surface area contributed by atoms with Crippen LogP contribution in [0.4, 0.5) is 0 Å². The lowest BCUT2D eigenvalue weighted by Gasteiger charge is -2.07. The predicted molar refractivity (Wildman–Crippen MR) is 93.1 cm³/mol. The maximum atomic E-state index is 11.8. The SMILES string of the molecule is O=S(NOCCCCONS(=O)c1ccccc1)c1ccccc1. The normalized spacial score (nSPS) is 13.5. The average molecular weight is 368 g/mol. The van der Waals surface area contributed by atoms with Gasteiger partial charge in [-0.25, -0.2) is 8.42 Å². The quantitative estimate of drug-likeness (QED) is 0.471. The lowest BCUT2D eigenvalue weighted by molar-refractivity contribution is 0.0680. The van der Waals surface area contributed by atoms with Crippen molar-refractivity contribution in [3.05, 3.63) is 60.7 Å². The third-order valence-corrected chi connectivity index (χ3v) is 4.87. The smallest absolute Gasteiger partial charge is 0.148 e. The molecule has 0 saturated carbocycles. The van der Waals surface area contributed by atoms with Crippen LogP contribution >= 0.6 is 0 Å². The molecule has 0 heterocycles. The minimum Gasteiger partial charge on any atom is -0.289 e. The summed E-state index contributed by atoms with van der Waals surface area (Å²) < 4.78 is 23.6. The summed E-state index contributed by atoms with van der Waals surface area (Å²) in [5, 5.41) is 0. The minimum atomic E-state index is -1.38. The van der Waals surface area contributed by atoms with Crippen molar-refractivity contribution in [2.24, 2.45) is 0 Å². The second-order valence-corrected chi connectivity index (χ2v) is 7.09. The maximum absolute atomic E-state index is 11.8. The maximum Gasteiger partial charge on any atom is 0.148 e. The van der Waals surface area contributed by atoms with Gasteiger partial charge in [0.15, 0.2) is 0 Å². The Morgan fingerprint density at radius 1 is 0.667 bits per heavy atom. The van der Waals surface area contributed by atoms with Crippen molar-refractivity contribution in [3.63, 3.8) is 0 Å². The fourth-order valence-corrected chi connectivity index (χ4v) is 3.11. The monoisotopic (exact) mass is 368 g/mol. The van der Waals surface area contributed by atoms with Crippen LogP contribution in [0.2, 0.25) is 0 Å². The van der Waals surface area contributed by atoms with Gasteiger partial charge in [-0.15, -0.1) is 9.77 Å². The van der Waals surface area contributed by atoms with Crippen LogP contribution in [0.25, 0.3) is 0 Å². The molecule has 0 amide bonds. The van der Waals surface area contributed by atoms with Crippen LogP contribution in [0.15, 0.2) is 70.5 Å². The van der Waals surface area contributed by atoms with Crippen LogP contribution in [-0.2, 0) is 31.6 Å². The van der Waals surface area contributed by atoms with Gasteiger partial charge in [-0.05, 0) is 37.1 Å². The number of benzene rings is 2. The molecule has 2 N–H and O–H groups in total. The molecule has 0 spiro atoms. The molecule has 24 heavy (non-hydrogen) atoms. The summed E-state index contributed by atoms with van der Waals surface area (Å²) in [6, 6.07) is 18.0. The zero-order valence-corrected chi connectivity index (χ0v) is 14.7. The highest BCUT2D eigenvalue weighted by molar-refractivity contribution is 7.83. The van der Waals surface area contributed by atoms with Crippen molar-refractivity contribution in [2.75, 3.05) is 13.2 Å². The summed E-state index contributed by atoms with van der Waals surface area (Å²) in [6.45, 7) is 0.813. The Balaban J connectivity index is 1.48. The third kappa shape index (κ3) is 7.00. The van der Waals surface area contributed by atoms with E-state index in [-0.39, 0.29) is 0 Å². The molecule has 2 unspecified atom stereocenters. The molecule has 0 radical (unpaired) electrons. The van der Waals surface area contributed by atoms with E-state index in [9.17, 15) is 8.42 Å². The number of nitrogens with one attached hydrogen (secondary N) is 2. The number of hydrogen-bond acceptors (Lipinski definition) is 4. The molecule has 2 atom stereocenters. The van der Waals surface area contributed by atoms with Crippen molar-refractivity contribution in [3.8, 4) is 0 Å². The van der Waals surface area contributed by atoms with Gasteiger partial charge in [0.05, 0.1) is 23.0 Å². The van der Waals surface area contributed by atoms with E-state index in [1.54, 1.807) is 24.3 Å². The molecule has 0 fully saturated rings.